The molecular weight excluding hydrogens is 332 g/mol. The number of benzene rings is 1. The summed E-state index contributed by atoms with van der Waals surface area (Å²) in [4.78, 5) is 2.14. The summed E-state index contributed by atoms with van der Waals surface area (Å²) in [6, 6.07) is 8.87. The van der Waals surface area contributed by atoms with E-state index in [2.05, 4.69) is 76.3 Å². The van der Waals surface area contributed by atoms with Gasteiger partial charge in [0.15, 0.2) is 0 Å². The Hall–Kier alpha value is -1.06. The van der Waals surface area contributed by atoms with Crippen LogP contribution in [-0.2, 0) is 11.3 Å². The zero-order valence-electron chi connectivity index (χ0n) is 18.6. The average Bonchev–Trinajstić information content (AvgIpc) is 2.64. The molecule has 0 spiro atoms. The summed E-state index contributed by atoms with van der Waals surface area (Å²) < 4.78 is 6.08. The van der Waals surface area contributed by atoms with Crippen LogP contribution in [0.15, 0.2) is 24.3 Å². The van der Waals surface area contributed by atoms with Gasteiger partial charge in [0, 0.05) is 32.9 Å². The first-order valence-electron chi connectivity index (χ1n) is 10.9. The minimum absolute atomic E-state index is 0.435. The molecule has 0 aliphatic carbocycles. The van der Waals surface area contributed by atoms with Gasteiger partial charge in [-0.05, 0) is 67.2 Å². The molecule has 1 saturated heterocycles. The molecule has 0 unspecified atom stereocenters. The minimum atomic E-state index is 0.435. The molecule has 0 radical (unpaired) electrons. The van der Waals surface area contributed by atoms with Crippen LogP contribution in [0.1, 0.15) is 65.4 Å². The quantitative estimate of drug-likeness (QED) is 0.548. The van der Waals surface area contributed by atoms with E-state index >= 15 is 0 Å². The lowest BCUT2D eigenvalue weighted by Crippen LogP contribution is -2.39. The molecular formula is C24H42N2O. The number of anilines is 1. The predicted octanol–water partition coefficient (Wildman–Crippen LogP) is 5.49. The Bertz CT molecular complexity index is 538. The summed E-state index contributed by atoms with van der Waals surface area (Å²) in [5.74, 6) is 1.40. The van der Waals surface area contributed by atoms with Crippen LogP contribution in [0.4, 0.5) is 5.69 Å². The lowest BCUT2D eigenvalue weighted by Gasteiger charge is -2.43. The van der Waals surface area contributed by atoms with Gasteiger partial charge in [0.2, 0.25) is 0 Å². The van der Waals surface area contributed by atoms with Crippen molar-refractivity contribution in [3.63, 3.8) is 0 Å². The highest BCUT2D eigenvalue weighted by atomic mass is 16.5. The van der Waals surface area contributed by atoms with Crippen molar-refractivity contribution in [2.75, 3.05) is 32.1 Å². The van der Waals surface area contributed by atoms with Crippen LogP contribution in [0, 0.1) is 17.3 Å². The Kier molecular flexibility index (Phi) is 8.62. The van der Waals surface area contributed by atoms with E-state index in [0.29, 0.717) is 17.4 Å². The maximum atomic E-state index is 6.08. The first-order chi connectivity index (χ1) is 12.8. The van der Waals surface area contributed by atoms with Gasteiger partial charge in [0.05, 0.1) is 6.10 Å². The molecule has 1 N–H and O–H groups in total. The molecule has 1 aliphatic rings. The van der Waals surface area contributed by atoms with Crippen molar-refractivity contribution in [2.45, 2.75) is 72.4 Å². The van der Waals surface area contributed by atoms with Crippen molar-refractivity contribution in [3.8, 4) is 0 Å². The zero-order valence-corrected chi connectivity index (χ0v) is 18.6. The third kappa shape index (κ3) is 7.12. The summed E-state index contributed by atoms with van der Waals surface area (Å²) in [6.45, 7) is 12.3. The molecule has 0 amide bonds. The summed E-state index contributed by atoms with van der Waals surface area (Å²) in [6.07, 6.45) is 6.83. The Labute approximate surface area is 167 Å². The van der Waals surface area contributed by atoms with Crippen molar-refractivity contribution in [2.24, 2.45) is 17.3 Å². The predicted molar refractivity (Wildman–Crippen MR) is 117 cm³/mol. The zero-order chi connectivity index (χ0) is 19.9. The van der Waals surface area contributed by atoms with E-state index in [1.165, 1.54) is 43.4 Å². The van der Waals surface area contributed by atoms with Crippen molar-refractivity contribution < 1.29 is 4.74 Å². The second-order valence-electron chi connectivity index (χ2n) is 9.53. The molecule has 1 aromatic carbocycles. The largest absolute Gasteiger partial charge is 0.378 e. The fourth-order valence-corrected chi connectivity index (χ4v) is 4.11. The highest BCUT2D eigenvalue weighted by Gasteiger charge is 2.37. The standard InChI is InChI=1S/C24H42N2O/c1-19(2)11-12-24(14-16-27-23(17-24)20(3)4)13-15-25-18-21-7-9-22(10-8-21)26(5)6/h7-10,19-20,23,25H,11-18H2,1-6H3/t23-,24+/m1/s1. The fourth-order valence-electron chi connectivity index (χ4n) is 4.11. The second kappa shape index (κ2) is 10.5. The molecule has 1 aromatic rings. The topological polar surface area (TPSA) is 24.5 Å². The first-order valence-corrected chi connectivity index (χ1v) is 10.9. The van der Waals surface area contributed by atoms with E-state index in [0.717, 1.165) is 25.6 Å². The van der Waals surface area contributed by atoms with Crippen LogP contribution in [0.5, 0.6) is 0 Å². The van der Waals surface area contributed by atoms with Gasteiger partial charge in [-0.1, -0.05) is 46.2 Å². The molecule has 0 bridgehead atoms. The van der Waals surface area contributed by atoms with Crippen LogP contribution >= 0.6 is 0 Å². The van der Waals surface area contributed by atoms with Gasteiger partial charge in [0.1, 0.15) is 0 Å². The van der Waals surface area contributed by atoms with E-state index < -0.39 is 0 Å². The highest BCUT2D eigenvalue weighted by Crippen LogP contribution is 2.43. The van der Waals surface area contributed by atoms with Crippen LogP contribution in [0.25, 0.3) is 0 Å². The molecule has 3 nitrogen and oxygen atoms in total. The van der Waals surface area contributed by atoms with Gasteiger partial charge in [-0.3, -0.25) is 0 Å². The van der Waals surface area contributed by atoms with E-state index in [-0.39, 0.29) is 0 Å². The summed E-state index contributed by atoms with van der Waals surface area (Å²) in [7, 11) is 4.17. The monoisotopic (exact) mass is 374 g/mol. The number of ether oxygens (including phenoxy) is 1. The van der Waals surface area contributed by atoms with Gasteiger partial charge >= 0.3 is 0 Å². The van der Waals surface area contributed by atoms with Crippen molar-refractivity contribution in [3.05, 3.63) is 29.8 Å². The van der Waals surface area contributed by atoms with E-state index in [1.54, 1.807) is 0 Å². The number of hydrogen-bond acceptors (Lipinski definition) is 3. The van der Waals surface area contributed by atoms with Gasteiger partial charge in [-0.15, -0.1) is 0 Å². The molecule has 1 fully saturated rings. The van der Waals surface area contributed by atoms with Crippen LogP contribution < -0.4 is 10.2 Å². The first kappa shape index (κ1) is 22.2. The normalized spacial score (nSPS) is 23.2. The van der Waals surface area contributed by atoms with Gasteiger partial charge in [-0.2, -0.15) is 0 Å². The Morgan fingerprint density at radius 3 is 2.41 bits per heavy atom. The summed E-state index contributed by atoms with van der Waals surface area (Å²) >= 11 is 0. The van der Waals surface area contributed by atoms with Gasteiger partial charge < -0.3 is 15.0 Å². The van der Waals surface area contributed by atoms with E-state index in [4.69, 9.17) is 4.74 Å². The Morgan fingerprint density at radius 2 is 1.81 bits per heavy atom. The number of rotatable bonds is 10. The number of nitrogens with one attached hydrogen (secondary N) is 1. The number of hydrogen-bond donors (Lipinski definition) is 1. The highest BCUT2D eigenvalue weighted by molar-refractivity contribution is 5.45. The van der Waals surface area contributed by atoms with Crippen molar-refractivity contribution in [1.29, 1.82) is 0 Å². The van der Waals surface area contributed by atoms with Gasteiger partial charge in [0.25, 0.3) is 0 Å². The SMILES string of the molecule is CC(C)CC[C@]1(CCNCc2ccc(N(C)C)cc2)CCO[C@@H](C(C)C)C1. The molecule has 1 aliphatic heterocycles. The maximum Gasteiger partial charge on any atom is 0.0603 e. The summed E-state index contributed by atoms with van der Waals surface area (Å²) in [5, 5.41) is 3.70. The lowest BCUT2D eigenvalue weighted by atomic mass is 9.69. The maximum absolute atomic E-state index is 6.08. The third-order valence-electron chi connectivity index (χ3n) is 6.21. The smallest absolute Gasteiger partial charge is 0.0603 e. The average molecular weight is 375 g/mol. The molecule has 154 valence electrons. The molecule has 27 heavy (non-hydrogen) atoms. The second-order valence-corrected chi connectivity index (χ2v) is 9.53. The lowest BCUT2D eigenvalue weighted by molar-refractivity contribution is -0.0761. The summed E-state index contributed by atoms with van der Waals surface area (Å²) in [5.41, 5.74) is 3.08. The van der Waals surface area contributed by atoms with Crippen molar-refractivity contribution in [1.82, 2.24) is 5.32 Å². The molecule has 2 atom stereocenters. The third-order valence-corrected chi connectivity index (χ3v) is 6.21. The molecule has 2 rings (SSSR count). The molecule has 0 aromatic heterocycles. The fraction of sp³-hybridized carbons (Fsp3) is 0.750. The Balaban J connectivity index is 1.87. The molecule has 0 saturated carbocycles. The number of nitrogens with zero attached hydrogens (tertiary/aromatic N) is 1. The van der Waals surface area contributed by atoms with Gasteiger partial charge in [-0.25, -0.2) is 0 Å². The molecule has 1 heterocycles. The molecule has 3 heteroatoms. The Morgan fingerprint density at radius 1 is 1.11 bits per heavy atom. The van der Waals surface area contributed by atoms with E-state index in [1.807, 2.05) is 0 Å². The van der Waals surface area contributed by atoms with Crippen molar-refractivity contribution >= 4 is 5.69 Å². The van der Waals surface area contributed by atoms with Crippen LogP contribution in [0.2, 0.25) is 0 Å². The van der Waals surface area contributed by atoms with Crippen LogP contribution in [-0.4, -0.2) is 33.4 Å². The van der Waals surface area contributed by atoms with Crippen LogP contribution in [0.3, 0.4) is 0 Å². The van der Waals surface area contributed by atoms with E-state index in [9.17, 15) is 0 Å². The minimum Gasteiger partial charge on any atom is -0.378 e.